The summed E-state index contributed by atoms with van der Waals surface area (Å²) in [4.78, 5) is 10.3. The Balaban J connectivity index is 2.27. The Hall–Kier alpha value is -1.07. The average molecular weight is 352 g/mol. The SMILES string of the molecule is CCNc1cc(Sc2ccc(Br)cc2)nc(C(C)C)n1. The van der Waals surface area contributed by atoms with Crippen molar-refractivity contribution >= 4 is 33.5 Å². The molecule has 1 N–H and O–H groups in total. The second kappa shape index (κ2) is 7.09. The van der Waals surface area contributed by atoms with Crippen molar-refractivity contribution in [2.75, 3.05) is 11.9 Å². The second-order valence-electron chi connectivity index (χ2n) is 4.69. The molecule has 0 amide bonds. The molecule has 0 radical (unpaired) electrons. The van der Waals surface area contributed by atoms with Crippen LogP contribution in [0.4, 0.5) is 5.82 Å². The summed E-state index contributed by atoms with van der Waals surface area (Å²) < 4.78 is 1.08. The minimum atomic E-state index is 0.317. The Kier molecular flexibility index (Phi) is 5.43. The first-order chi connectivity index (χ1) is 9.58. The van der Waals surface area contributed by atoms with Crippen LogP contribution in [0, 0.1) is 0 Å². The predicted molar refractivity (Wildman–Crippen MR) is 88.5 cm³/mol. The van der Waals surface area contributed by atoms with Gasteiger partial charge in [-0.1, -0.05) is 41.5 Å². The average Bonchev–Trinajstić information content (AvgIpc) is 2.41. The number of hydrogen-bond acceptors (Lipinski definition) is 4. The number of nitrogens with zero attached hydrogens (tertiary/aromatic N) is 2. The van der Waals surface area contributed by atoms with Gasteiger partial charge in [-0.2, -0.15) is 0 Å². The van der Waals surface area contributed by atoms with E-state index in [1.165, 1.54) is 4.90 Å². The Morgan fingerprint density at radius 3 is 2.50 bits per heavy atom. The summed E-state index contributed by atoms with van der Waals surface area (Å²) in [5, 5.41) is 4.24. The minimum Gasteiger partial charge on any atom is -0.370 e. The predicted octanol–water partition coefficient (Wildman–Crippen LogP) is 4.95. The van der Waals surface area contributed by atoms with Gasteiger partial charge in [0.15, 0.2) is 0 Å². The van der Waals surface area contributed by atoms with Crippen LogP contribution in [-0.2, 0) is 0 Å². The van der Waals surface area contributed by atoms with Gasteiger partial charge < -0.3 is 5.32 Å². The zero-order chi connectivity index (χ0) is 14.5. The van der Waals surface area contributed by atoms with Gasteiger partial charge in [0.25, 0.3) is 0 Å². The summed E-state index contributed by atoms with van der Waals surface area (Å²) in [5.74, 6) is 2.09. The molecule has 0 saturated heterocycles. The maximum absolute atomic E-state index is 4.63. The number of rotatable bonds is 5. The van der Waals surface area contributed by atoms with Crippen LogP contribution in [0.25, 0.3) is 0 Å². The molecular formula is C15H18BrN3S. The normalized spacial score (nSPS) is 10.8. The lowest BCUT2D eigenvalue weighted by Crippen LogP contribution is -2.05. The molecule has 0 aliphatic rings. The van der Waals surface area contributed by atoms with E-state index in [-0.39, 0.29) is 0 Å². The fraction of sp³-hybridized carbons (Fsp3) is 0.333. The molecule has 0 saturated carbocycles. The van der Waals surface area contributed by atoms with E-state index in [4.69, 9.17) is 0 Å². The largest absolute Gasteiger partial charge is 0.370 e. The third-order valence-corrected chi connectivity index (χ3v) is 4.09. The van der Waals surface area contributed by atoms with Gasteiger partial charge in [0.05, 0.1) is 0 Å². The van der Waals surface area contributed by atoms with Crippen molar-refractivity contribution in [2.24, 2.45) is 0 Å². The molecule has 1 aromatic heterocycles. The monoisotopic (exact) mass is 351 g/mol. The first-order valence-electron chi connectivity index (χ1n) is 6.64. The summed E-state index contributed by atoms with van der Waals surface area (Å²) in [6.45, 7) is 7.15. The zero-order valence-electron chi connectivity index (χ0n) is 11.9. The highest BCUT2D eigenvalue weighted by Crippen LogP contribution is 2.29. The fourth-order valence-corrected chi connectivity index (χ4v) is 2.74. The minimum absolute atomic E-state index is 0.317. The highest BCUT2D eigenvalue weighted by molar-refractivity contribution is 9.10. The van der Waals surface area contributed by atoms with E-state index < -0.39 is 0 Å². The van der Waals surface area contributed by atoms with E-state index >= 15 is 0 Å². The summed E-state index contributed by atoms with van der Waals surface area (Å²) in [7, 11) is 0. The van der Waals surface area contributed by atoms with E-state index in [0.717, 1.165) is 27.7 Å². The second-order valence-corrected chi connectivity index (χ2v) is 6.70. The lowest BCUT2D eigenvalue weighted by Gasteiger charge is -2.10. The van der Waals surface area contributed by atoms with Crippen LogP contribution >= 0.6 is 27.7 Å². The molecule has 0 aliphatic carbocycles. The first-order valence-corrected chi connectivity index (χ1v) is 8.25. The van der Waals surface area contributed by atoms with Gasteiger partial charge in [-0.3, -0.25) is 0 Å². The molecule has 2 rings (SSSR count). The molecule has 1 aromatic carbocycles. The number of nitrogens with one attached hydrogen (secondary N) is 1. The van der Waals surface area contributed by atoms with Crippen molar-refractivity contribution in [3.8, 4) is 0 Å². The number of halogens is 1. The number of aromatic nitrogens is 2. The van der Waals surface area contributed by atoms with Crippen LogP contribution in [0.15, 0.2) is 44.7 Å². The highest BCUT2D eigenvalue weighted by Gasteiger charge is 2.09. The molecule has 2 aromatic rings. The van der Waals surface area contributed by atoms with Crippen molar-refractivity contribution in [1.82, 2.24) is 9.97 Å². The van der Waals surface area contributed by atoms with Crippen LogP contribution in [0.3, 0.4) is 0 Å². The van der Waals surface area contributed by atoms with E-state index in [9.17, 15) is 0 Å². The molecule has 0 fully saturated rings. The topological polar surface area (TPSA) is 37.8 Å². The van der Waals surface area contributed by atoms with E-state index in [0.29, 0.717) is 5.92 Å². The smallest absolute Gasteiger partial charge is 0.134 e. The first kappa shape index (κ1) is 15.3. The van der Waals surface area contributed by atoms with Gasteiger partial charge in [-0.05, 0) is 31.2 Å². The van der Waals surface area contributed by atoms with Crippen molar-refractivity contribution in [3.05, 3.63) is 40.6 Å². The Bertz CT molecular complexity index is 570. The molecule has 1 heterocycles. The van der Waals surface area contributed by atoms with Gasteiger partial charge >= 0.3 is 0 Å². The maximum atomic E-state index is 4.63. The van der Waals surface area contributed by atoms with Crippen LogP contribution in [0.2, 0.25) is 0 Å². The molecule has 106 valence electrons. The van der Waals surface area contributed by atoms with Gasteiger partial charge in [0, 0.05) is 27.9 Å². The van der Waals surface area contributed by atoms with Gasteiger partial charge in [0.2, 0.25) is 0 Å². The van der Waals surface area contributed by atoms with E-state index in [1.807, 2.05) is 18.2 Å². The lowest BCUT2D eigenvalue weighted by molar-refractivity contribution is 0.754. The van der Waals surface area contributed by atoms with Crippen molar-refractivity contribution in [2.45, 2.75) is 36.6 Å². The molecular weight excluding hydrogens is 334 g/mol. The van der Waals surface area contributed by atoms with Crippen LogP contribution in [0.1, 0.15) is 32.5 Å². The quantitative estimate of drug-likeness (QED) is 0.773. The standard InChI is InChI=1S/C15H18BrN3S/c1-4-17-13-9-14(19-15(18-13)10(2)3)20-12-7-5-11(16)6-8-12/h5-10H,4H2,1-3H3,(H,17,18,19). The highest BCUT2D eigenvalue weighted by atomic mass is 79.9. The van der Waals surface area contributed by atoms with E-state index in [1.54, 1.807) is 11.8 Å². The van der Waals surface area contributed by atoms with Crippen molar-refractivity contribution < 1.29 is 0 Å². The summed E-state index contributed by atoms with van der Waals surface area (Å²) in [6, 6.07) is 10.2. The van der Waals surface area contributed by atoms with Crippen LogP contribution < -0.4 is 5.32 Å². The number of hydrogen-bond donors (Lipinski definition) is 1. The Morgan fingerprint density at radius 1 is 1.20 bits per heavy atom. The van der Waals surface area contributed by atoms with Gasteiger partial charge in [-0.15, -0.1) is 0 Å². The van der Waals surface area contributed by atoms with Crippen molar-refractivity contribution in [3.63, 3.8) is 0 Å². The molecule has 0 spiro atoms. The molecule has 5 heteroatoms. The molecule has 0 unspecified atom stereocenters. The molecule has 3 nitrogen and oxygen atoms in total. The molecule has 20 heavy (non-hydrogen) atoms. The Labute approximate surface area is 132 Å². The zero-order valence-corrected chi connectivity index (χ0v) is 14.3. The summed E-state index contributed by atoms with van der Waals surface area (Å²) >= 11 is 5.10. The molecule has 0 bridgehead atoms. The third-order valence-electron chi connectivity index (χ3n) is 2.63. The molecule has 0 atom stereocenters. The summed E-state index contributed by atoms with van der Waals surface area (Å²) in [6.07, 6.45) is 0. The number of benzene rings is 1. The van der Waals surface area contributed by atoms with Gasteiger partial charge in [-0.25, -0.2) is 9.97 Å². The third kappa shape index (κ3) is 4.21. The molecule has 0 aliphatic heterocycles. The van der Waals surface area contributed by atoms with Gasteiger partial charge in [0.1, 0.15) is 16.7 Å². The fourth-order valence-electron chi connectivity index (χ4n) is 1.65. The maximum Gasteiger partial charge on any atom is 0.134 e. The number of anilines is 1. The summed E-state index contributed by atoms with van der Waals surface area (Å²) in [5.41, 5.74) is 0. The lowest BCUT2D eigenvalue weighted by atomic mass is 10.2. The van der Waals surface area contributed by atoms with Crippen LogP contribution in [0.5, 0.6) is 0 Å². The van der Waals surface area contributed by atoms with Crippen LogP contribution in [-0.4, -0.2) is 16.5 Å². The Morgan fingerprint density at radius 2 is 1.90 bits per heavy atom. The van der Waals surface area contributed by atoms with Crippen molar-refractivity contribution in [1.29, 1.82) is 0 Å². The van der Waals surface area contributed by atoms with E-state index in [2.05, 4.69) is 64.1 Å².